The van der Waals surface area contributed by atoms with Crippen molar-refractivity contribution in [3.05, 3.63) is 29.8 Å². The fourth-order valence-electron chi connectivity index (χ4n) is 5.36. The summed E-state index contributed by atoms with van der Waals surface area (Å²) >= 11 is 0. The summed E-state index contributed by atoms with van der Waals surface area (Å²) in [6, 6.07) is 8.69. The largest absolute Gasteiger partial charge is 0.494 e. The average Bonchev–Trinajstić information content (AvgIpc) is 3.26. The van der Waals surface area contributed by atoms with Crippen LogP contribution in [0.2, 0.25) is 0 Å². The van der Waals surface area contributed by atoms with E-state index in [9.17, 15) is 0 Å². The lowest BCUT2D eigenvalue weighted by atomic mass is 9.73. The van der Waals surface area contributed by atoms with Crippen LogP contribution in [0.4, 0.5) is 0 Å². The van der Waals surface area contributed by atoms with Crippen molar-refractivity contribution in [2.45, 2.75) is 50.9 Å². The molecule has 3 aliphatic rings. The lowest BCUT2D eigenvalue weighted by Gasteiger charge is -2.31. The summed E-state index contributed by atoms with van der Waals surface area (Å²) in [5.74, 6) is 2.41. The van der Waals surface area contributed by atoms with Gasteiger partial charge < -0.3 is 14.4 Å². The Morgan fingerprint density at radius 1 is 1.27 bits per heavy atom. The molecule has 0 aromatic heterocycles. The number of hydrogen-bond acceptors (Lipinski definition) is 4. The van der Waals surface area contributed by atoms with Gasteiger partial charge in [-0.3, -0.25) is 4.90 Å². The molecule has 26 heavy (non-hydrogen) atoms. The van der Waals surface area contributed by atoms with Gasteiger partial charge in [-0.25, -0.2) is 0 Å². The highest BCUT2D eigenvalue weighted by atomic mass is 16.5. The maximum absolute atomic E-state index is 6.55. The molecule has 0 radical (unpaired) electrons. The van der Waals surface area contributed by atoms with Gasteiger partial charge in [-0.05, 0) is 51.1 Å². The second-order valence-electron chi connectivity index (χ2n) is 8.81. The Hall–Kier alpha value is -1.10. The number of fused-ring (bicyclic) bond motifs is 1. The molecule has 1 aromatic carbocycles. The van der Waals surface area contributed by atoms with E-state index in [2.05, 4.69) is 55.1 Å². The highest BCUT2D eigenvalue weighted by Crippen LogP contribution is 2.55. The lowest BCUT2D eigenvalue weighted by Crippen LogP contribution is -2.40. The molecule has 2 bridgehead atoms. The maximum Gasteiger partial charge on any atom is 0.119 e. The van der Waals surface area contributed by atoms with Crippen LogP contribution < -0.4 is 4.74 Å². The lowest BCUT2D eigenvalue weighted by molar-refractivity contribution is 0.00145. The van der Waals surface area contributed by atoms with E-state index in [4.69, 9.17) is 9.47 Å². The molecule has 4 heteroatoms. The van der Waals surface area contributed by atoms with Crippen molar-refractivity contribution in [2.75, 3.05) is 40.3 Å². The van der Waals surface area contributed by atoms with Crippen LogP contribution >= 0.6 is 0 Å². The molecule has 1 aromatic rings. The van der Waals surface area contributed by atoms with Crippen LogP contribution in [0.5, 0.6) is 5.75 Å². The summed E-state index contributed by atoms with van der Waals surface area (Å²) in [7, 11) is 4.38. The van der Waals surface area contributed by atoms with Crippen molar-refractivity contribution in [1.29, 1.82) is 0 Å². The predicted molar refractivity (Wildman–Crippen MR) is 104 cm³/mol. The van der Waals surface area contributed by atoms with Gasteiger partial charge in [0, 0.05) is 38.0 Å². The number of rotatable bonds is 8. The molecule has 0 aliphatic carbocycles. The van der Waals surface area contributed by atoms with Crippen LogP contribution in [0.15, 0.2) is 24.3 Å². The zero-order valence-electron chi connectivity index (χ0n) is 16.6. The van der Waals surface area contributed by atoms with Crippen molar-refractivity contribution < 1.29 is 9.47 Å². The smallest absolute Gasteiger partial charge is 0.119 e. The summed E-state index contributed by atoms with van der Waals surface area (Å²) < 4.78 is 12.3. The Balaban J connectivity index is 1.36. The Morgan fingerprint density at radius 3 is 2.81 bits per heavy atom. The van der Waals surface area contributed by atoms with Gasteiger partial charge in [0.15, 0.2) is 0 Å². The Kier molecular flexibility index (Phi) is 5.27. The van der Waals surface area contributed by atoms with Crippen molar-refractivity contribution in [1.82, 2.24) is 9.80 Å². The van der Waals surface area contributed by atoms with Crippen molar-refractivity contribution in [3.63, 3.8) is 0 Å². The first kappa shape index (κ1) is 18.3. The van der Waals surface area contributed by atoms with Crippen molar-refractivity contribution in [3.8, 4) is 5.75 Å². The van der Waals surface area contributed by atoms with E-state index in [-0.39, 0.29) is 5.60 Å². The molecule has 0 N–H and O–H groups in total. The first-order valence-corrected chi connectivity index (χ1v) is 10.4. The van der Waals surface area contributed by atoms with E-state index in [1.807, 2.05) is 0 Å². The SMILES string of the molecule is CCCCOc1ccc(CN2C[C@@H]3[C@H](CN(C)C)[C@H]4CC[C@]3(C2)O4)cc1. The molecule has 1 spiro atoms. The van der Waals surface area contributed by atoms with Crippen LogP contribution in [0.25, 0.3) is 0 Å². The average molecular weight is 359 g/mol. The standard InChI is InChI=1S/C22H34N2O2/c1-4-5-12-25-18-8-6-17(7-9-18)13-24-15-20-19(14-23(2)3)21-10-11-22(20,16-24)26-21/h6-9,19-21H,4-5,10-16H2,1-3H3/t19-,20+,21+,22+/m0/s1. The van der Waals surface area contributed by atoms with Gasteiger partial charge in [0.2, 0.25) is 0 Å². The van der Waals surface area contributed by atoms with Gasteiger partial charge in [0.1, 0.15) is 5.75 Å². The molecule has 4 atom stereocenters. The zero-order chi connectivity index (χ0) is 18.1. The minimum atomic E-state index is 0.147. The van der Waals surface area contributed by atoms with Crippen LogP contribution in [0.3, 0.4) is 0 Å². The highest BCUT2D eigenvalue weighted by molar-refractivity contribution is 5.27. The predicted octanol–water partition coefficient (Wildman–Crippen LogP) is 3.41. The van der Waals surface area contributed by atoms with E-state index >= 15 is 0 Å². The second kappa shape index (κ2) is 7.49. The molecule has 3 fully saturated rings. The van der Waals surface area contributed by atoms with Gasteiger partial charge in [0.25, 0.3) is 0 Å². The molecule has 0 saturated carbocycles. The van der Waals surface area contributed by atoms with Crippen molar-refractivity contribution in [2.24, 2.45) is 11.8 Å². The number of hydrogen-bond donors (Lipinski definition) is 0. The van der Waals surface area contributed by atoms with Crippen LogP contribution in [-0.2, 0) is 11.3 Å². The summed E-state index contributed by atoms with van der Waals surface area (Å²) in [5, 5.41) is 0. The molecular formula is C22H34N2O2. The molecule has 0 amide bonds. The first-order valence-electron chi connectivity index (χ1n) is 10.4. The molecule has 3 saturated heterocycles. The maximum atomic E-state index is 6.55. The van der Waals surface area contributed by atoms with Gasteiger partial charge in [0.05, 0.1) is 18.3 Å². The first-order chi connectivity index (χ1) is 12.6. The van der Waals surface area contributed by atoms with Gasteiger partial charge in [-0.2, -0.15) is 0 Å². The minimum Gasteiger partial charge on any atom is -0.494 e. The van der Waals surface area contributed by atoms with Gasteiger partial charge in [-0.15, -0.1) is 0 Å². The van der Waals surface area contributed by atoms with Crippen LogP contribution in [0.1, 0.15) is 38.2 Å². The van der Waals surface area contributed by atoms with E-state index < -0.39 is 0 Å². The third-order valence-electron chi connectivity index (χ3n) is 6.53. The quantitative estimate of drug-likeness (QED) is 0.665. The molecule has 3 heterocycles. The summed E-state index contributed by atoms with van der Waals surface area (Å²) in [5.41, 5.74) is 1.53. The van der Waals surface area contributed by atoms with Crippen LogP contribution in [0, 0.1) is 11.8 Å². The number of nitrogens with zero attached hydrogens (tertiary/aromatic N) is 2. The summed E-state index contributed by atoms with van der Waals surface area (Å²) in [6.07, 6.45) is 5.31. The van der Waals surface area contributed by atoms with Gasteiger partial charge >= 0.3 is 0 Å². The number of likely N-dealkylation sites (tertiary alicyclic amines) is 1. The van der Waals surface area contributed by atoms with Gasteiger partial charge in [-0.1, -0.05) is 25.5 Å². The highest BCUT2D eigenvalue weighted by Gasteiger charge is 2.62. The molecule has 144 valence electrons. The third-order valence-corrected chi connectivity index (χ3v) is 6.53. The summed E-state index contributed by atoms with van der Waals surface area (Å²) in [6.45, 7) is 7.48. The fraction of sp³-hybridized carbons (Fsp3) is 0.727. The molecule has 3 aliphatic heterocycles. The summed E-state index contributed by atoms with van der Waals surface area (Å²) in [4.78, 5) is 4.95. The zero-order valence-corrected chi connectivity index (χ0v) is 16.6. The molecular weight excluding hydrogens is 324 g/mol. The third kappa shape index (κ3) is 3.51. The van der Waals surface area contributed by atoms with E-state index in [1.165, 1.54) is 31.4 Å². The Bertz CT molecular complexity index is 603. The number of ether oxygens (including phenoxy) is 2. The van der Waals surface area contributed by atoms with Crippen LogP contribution in [-0.4, -0.2) is 61.8 Å². The second-order valence-corrected chi connectivity index (χ2v) is 8.81. The minimum absolute atomic E-state index is 0.147. The number of unbranched alkanes of at least 4 members (excludes halogenated alkanes) is 1. The molecule has 4 rings (SSSR count). The Morgan fingerprint density at radius 2 is 2.08 bits per heavy atom. The topological polar surface area (TPSA) is 24.9 Å². The van der Waals surface area contributed by atoms with Crippen molar-refractivity contribution >= 4 is 0 Å². The monoisotopic (exact) mass is 358 g/mol. The molecule has 4 nitrogen and oxygen atoms in total. The number of benzene rings is 1. The van der Waals surface area contributed by atoms with E-state index in [1.54, 1.807) is 0 Å². The Labute approximate surface area is 158 Å². The fourth-order valence-corrected chi connectivity index (χ4v) is 5.36. The molecule has 0 unspecified atom stereocenters. The van der Waals surface area contributed by atoms with E-state index in [0.717, 1.165) is 38.4 Å². The van der Waals surface area contributed by atoms with E-state index in [0.29, 0.717) is 17.9 Å². The normalized spacial score (nSPS) is 33.2.